The van der Waals surface area contributed by atoms with Gasteiger partial charge in [0.25, 0.3) is 5.91 Å². The van der Waals surface area contributed by atoms with Gasteiger partial charge < -0.3 is 19.4 Å². The van der Waals surface area contributed by atoms with Crippen molar-refractivity contribution in [1.82, 2.24) is 29.8 Å². The lowest BCUT2D eigenvalue weighted by atomic mass is 10.1. The van der Waals surface area contributed by atoms with Crippen LogP contribution in [0.3, 0.4) is 0 Å². The van der Waals surface area contributed by atoms with Gasteiger partial charge in [0.05, 0.1) is 30.1 Å². The van der Waals surface area contributed by atoms with E-state index in [9.17, 15) is 9.18 Å². The van der Waals surface area contributed by atoms with Crippen molar-refractivity contribution in [3.05, 3.63) is 53.5 Å². The molecule has 0 radical (unpaired) electrons. The van der Waals surface area contributed by atoms with Crippen molar-refractivity contribution in [2.45, 2.75) is 12.6 Å². The molecule has 8 nitrogen and oxygen atoms in total. The summed E-state index contributed by atoms with van der Waals surface area (Å²) in [5.74, 6) is -0.734. The second-order valence-electron chi connectivity index (χ2n) is 6.26. The molecule has 1 unspecified atom stereocenters. The number of carbonyl (C=O) groups is 1. The highest BCUT2D eigenvalue weighted by Gasteiger charge is 2.26. The van der Waals surface area contributed by atoms with E-state index in [1.807, 2.05) is 0 Å². The highest BCUT2D eigenvalue weighted by atomic mass is 19.1. The standard InChI is InChI=1S/C17H19FN6O2/c1-26-10-13-8-24-7-11(4-14(18)16(24)22-13)17(25)23-3-2-19-15(9-23)12-5-20-21-6-12/h4-8,15,19H,2-3,9-10H2,1H3,(H,20,21). The van der Waals surface area contributed by atoms with E-state index in [-0.39, 0.29) is 24.2 Å². The highest BCUT2D eigenvalue weighted by Crippen LogP contribution is 2.19. The van der Waals surface area contributed by atoms with E-state index in [4.69, 9.17) is 4.74 Å². The van der Waals surface area contributed by atoms with Gasteiger partial charge >= 0.3 is 0 Å². The zero-order valence-corrected chi connectivity index (χ0v) is 14.3. The molecule has 0 saturated carbocycles. The average Bonchev–Trinajstić information content (AvgIpc) is 3.31. The number of piperazine rings is 1. The van der Waals surface area contributed by atoms with Crippen LogP contribution in [0.15, 0.2) is 30.9 Å². The van der Waals surface area contributed by atoms with Crippen molar-refractivity contribution >= 4 is 11.6 Å². The Bertz CT molecular complexity index is 923. The summed E-state index contributed by atoms with van der Waals surface area (Å²) >= 11 is 0. The molecular weight excluding hydrogens is 339 g/mol. The van der Waals surface area contributed by atoms with E-state index in [2.05, 4.69) is 20.5 Å². The maximum atomic E-state index is 14.4. The number of methoxy groups -OCH3 is 1. The second kappa shape index (κ2) is 6.85. The van der Waals surface area contributed by atoms with Crippen LogP contribution in [0.2, 0.25) is 0 Å². The fourth-order valence-electron chi connectivity index (χ4n) is 3.23. The maximum absolute atomic E-state index is 14.4. The number of carbonyl (C=O) groups excluding carboxylic acids is 1. The van der Waals surface area contributed by atoms with Crippen LogP contribution in [0.4, 0.5) is 4.39 Å². The number of ether oxygens (including phenoxy) is 1. The predicted octanol–water partition coefficient (Wildman–Crippen LogP) is 1.13. The van der Waals surface area contributed by atoms with Crippen LogP contribution < -0.4 is 5.32 Å². The third-order valence-corrected chi connectivity index (χ3v) is 4.48. The Kier molecular flexibility index (Phi) is 4.39. The predicted molar refractivity (Wildman–Crippen MR) is 91.1 cm³/mol. The molecule has 3 aromatic rings. The molecule has 1 aliphatic rings. The first-order valence-corrected chi connectivity index (χ1v) is 8.33. The largest absolute Gasteiger partial charge is 0.378 e. The summed E-state index contributed by atoms with van der Waals surface area (Å²) in [4.78, 5) is 18.8. The Morgan fingerprint density at radius 1 is 1.46 bits per heavy atom. The van der Waals surface area contributed by atoms with Gasteiger partial charge in [0.1, 0.15) is 0 Å². The topological polar surface area (TPSA) is 87.5 Å². The van der Waals surface area contributed by atoms with E-state index >= 15 is 0 Å². The number of aromatic amines is 1. The number of fused-ring (bicyclic) bond motifs is 1. The van der Waals surface area contributed by atoms with Crippen molar-refractivity contribution in [3.63, 3.8) is 0 Å². The number of hydrogen-bond donors (Lipinski definition) is 2. The number of amides is 1. The summed E-state index contributed by atoms with van der Waals surface area (Å²) < 4.78 is 21.0. The van der Waals surface area contributed by atoms with Crippen LogP contribution in [0, 0.1) is 5.82 Å². The SMILES string of the molecule is COCc1cn2cc(C(=O)N3CCNC(c4cn[nH]c4)C3)cc(F)c2n1. The zero-order valence-electron chi connectivity index (χ0n) is 14.3. The molecule has 9 heteroatoms. The maximum Gasteiger partial charge on any atom is 0.255 e. The molecule has 26 heavy (non-hydrogen) atoms. The number of nitrogens with one attached hydrogen (secondary N) is 2. The Balaban J connectivity index is 1.59. The molecule has 1 atom stereocenters. The van der Waals surface area contributed by atoms with Crippen molar-refractivity contribution in [2.75, 3.05) is 26.7 Å². The Labute approximate surface area is 149 Å². The normalized spacial score (nSPS) is 17.8. The molecule has 3 aromatic heterocycles. The van der Waals surface area contributed by atoms with Gasteiger partial charge in [0.2, 0.25) is 0 Å². The summed E-state index contributed by atoms with van der Waals surface area (Å²) in [6.45, 7) is 2.01. The molecule has 1 amide bonds. The number of hydrogen-bond acceptors (Lipinski definition) is 5. The van der Waals surface area contributed by atoms with Gasteiger partial charge in [0, 0.05) is 50.9 Å². The minimum absolute atomic E-state index is 0.00146. The summed E-state index contributed by atoms with van der Waals surface area (Å²) in [5, 5.41) is 10.1. The molecule has 4 heterocycles. The van der Waals surface area contributed by atoms with E-state index in [0.29, 0.717) is 30.9 Å². The third kappa shape index (κ3) is 3.06. The number of rotatable bonds is 4. The van der Waals surface area contributed by atoms with Gasteiger partial charge in [-0.05, 0) is 6.07 Å². The fraction of sp³-hybridized carbons (Fsp3) is 0.353. The van der Waals surface area contributed by atoms with Crippen molar-refractivity contribution in [1.29, 1.82) is 0 Å². The van der Waals surface area contributed by atoms with Gasteiger partial charge in [-0.3, -0.25) is 9.89 Å². The van der Waals surface area contributed by atoms with Crippen LogP contribution in [-0.2, 0) is 11.3 Å². The van der Waals surface area contributed by atoms with Gasteiger partial charge in [-0.15, -0.1) is 0 Å². The molecule has 1 aliphatic heterocycles. The van der Waals surface area contributed by atoms with Crippen LogP contribution in [0.1, 0.15) is 27.7 Å². The first-order valence-electron chi connectivity index (χ1n) is 8.33. The lowest BCUT2D eigenvalue weighted by molar-refractivity contribution is 0.0702. The minimum atomic E-state index is -0.528. The van der Waals surface area contributed by atoms with Crippen LogP contribution in [-0.4, -0.2) is 57.1 Å². The molecular formula is C17H19FN6O2. The zero-order chi connectivity index (χ0) is 18.1. The molecule has 0 aliphatic carbocycles. The number of imidazole rings is 1. The van der Waals surface area contributed by atoms with Crippen molar-refractivity contribution in [3.8, 4) is 0 Å². The Morgan fingerprint density at radius 2 is 2.35 bits per heavy atom. The van der Waals surface area contributed by atoms with E-state index < -0.39 is 5.82 Å². The van der Waals surface area contributed by atoms with Gasteiger partial charge in [0.15, 0.2) is 11.5 Å². The first-order chi connectivity index (χ1) is 12.7. The molecule has 0 spiro atoms. The summed E-state index contributed by atoms with van der Waals surface area (Å²) in [6, 6.07) is 1.25. The molecule has 0 aromatic carbocycles. The average molecular weight is 358 g/mol. The monoisotopic (exact) mass is 358 g/mol. The molecule has 0 bridgehead atoms. The van der Waals surface area contributed by atoms with Gasteiger partial charge in [-0.1, -0.05) is 0 Å². The van der Waals surface area contributed by atoms with E-state index in [1.54, 1.807) is 36.8 Å². The van der Waals surface area contributed by atoms with Crippen molar-refractivity contribution in [2.24, 2.45) is 0 Å². The van der Waals surface area contributed by atoms with Crippen LogP contribution in [0.5, 0.6) is 0 Å². The second-order valence-corrected chi connectivity index (χ2v) is 6.26. The number of H-pyrrole nitrogens is 1. The molecule has 1 fully saturated rings. The molecule has 2 N–H and O–H groups in total. The van der Waals surface area contributed by atoms with Crippen LogP contribution in [0.25, 0.3) is 5.65 Å². The summed E-state index contributed by atoms with van der Waals surface area (Å²) in [5.41, 5.74) is 2.08. The Hall–Kier alpha value is -2.78. The fourth-order valence-corrected chi connectivity index (χ4v) is 3.23. The van der Waals surface area contributed by atoms with Gasteiger partial charge in [-0.25, -0.2) is 9.37 Å². The quantitative estimate of drug-likeness (QED) is 0.730. The van der Waals surface area contributed by atoms with Crippen molar-refractivity contribution < 1.29 is 13.9 Å². The molecule has 1 saturated heterocycles. The number of nitrogens with zero attached hydrogens (tertiary/aromatic N) is 4. The van der Waals surface area contributed by atoms with Gasteiger partial charge in [-0.2, -0.15) is 5.10 Å². The number of pyridine rings is 1. The number of halogens is 1. The first kappa shape index (κ1) is 16.7. The summed E-state index contributed by atoms with van der Waals surface area (Å²) in [6.07, 6.45) is 6.83. The smallest absolute Gasteiger partial charge is 0.255 e. The highest BCUT2D eigenvalue weighted by molar-refractivity contribution is 5.94. The number of aromatic nitrogens is 4. The van der Waals surface area contributed by atoms with E-state index in [0.717, 1.165) is 5.56 Å². The molecule has 4 rings (SSSR count). The lowest BCUT2D eigenvalue weighted by Crippen LogP contribution is -2.48. The van der Waals surface area contributed by atoms with E-state index in [1.165, 1.54) is 10.5 Å². The Morgan fingerprint density at radius 3 is 3.12 bits per heavy atom. The van der Waals surface area contributed by atoms with Crippen LogP contribution >= 0.6 is 0 Å². The third-order valence-electron chi connectivity index (χ3n) is 4.48. The minimum Gasteiger partial charge on any atom is -0.378 e. The molecule has 136 valence electrons. The lowest BCUT2D eigenvalue weighted by Gasteiger charge is -2.33. The summed E-state index contributed by atoms with van der Waals surface area (Å²) in [7, 11) is 1.55.